The first-order valence-corrected chi connectivity index (χ1v) is 5.01. The van der Waals surface area contributed by atoms with E-state index in [0.717, 1.165) is 18.7 Å². The molecule has 0 aliphatic rings. The maximum absolute atomic E-state index is 11.0. The van der Waals surface area contributed by atoms with E-state index in [9.17, 15) is 4.79 Å². The first kappa shape index (κ1) is 13.0. The molecule has 0 aliphatic carbocycles. The molecule has 3 heteroatoms. The maximum Gasteiger partial charge on any atom is 0.246 e. The molecule has 0 aromatic rings. The molecule has 0 atom stereocenters. The van der Waals surface area contributed by atoms with E-state index < -0.39 is 0 Å². The van der Waals surface area contributed by atoms with E-state index in [1.165, 1.54) is 0 Å². The number of carbonyl (C=O) groups is 1. The SMILES string of the molecule is CCN/C(CC(C)(C)C)=C(\C)C(N)=O. The first-order valence-electron chi connectivity index (χ1n) is 5.01. The molecule has 0 radical (unpaired) electrons. The molecule has 0 heterocycles. The topological polar surface area (TPSA) is 55.1 Å². The van der Waals surface area contributed by atoms with Crippen LogP contribution in [0.25, 0.3) is 0 Å². The van der Waals surface area contributed by atoms with E-state index in [2.05, 4.69) is 26.1 Å². The fraction of sp³-hybridized carbons (Fsp3) is 0.727. The molecule has 3 nitrogen and oxygen atoms in total. The second-order valence-electron chi connectivity index (χ2n) is 4.74. The summed E-state index contributed by atoms with van der Waals surface area (Å²) in [5.74, 6) is -0.342. The third-order valence-electron chi connectivity index (χ3n) is 1.92. The van der Waals surface area contributed by atoms with Crippen LogP contribution in [0, 0.1) is 5.41 Å². The minimum Gasteiger partial charge on any atom is -0.388 e. The van der Waals surface area contributed by atoms with E-state index in [-0.39, 0.29) is 11.3 Å². The number of carbonyl (C=O) groups excluding carboxylic acids is 1. The Hall–Kier alpha value is -0.990. The molecule has 0 spiro atoms. The van der Waals surface area contributed by atoms with Gasteiger partial charge in [0.1, 0.15) is 0 Å². The predicted molar refractivity (Wildman–Crippen MR) is 59.6 cm³/mol. The highest BCUT2D eigenvalue weighted by atomic mass is 16.1. The molecule has 0 saturated heterocycles. The highest BCUT2D eigenvalue weighted by molar-refractivity contribution is 5.92. The van der Waals surface area contributed by atoms with Gasteiger partial charge in [-0.1, -0.05) is 20.8 Å². The van der Waals surface area contributed by atoms with Gasteiger partial charge in [-0.25, -0.2) is 0 Å². The average Bonchev–Trinajstić information content (AvgIpc) is 1.99. The first-order chi connectivity index (χ1) is 6.28. The number of hydrogen-bond donors (Lipinski definition) is 2. The summed E-state index contributed by atoms with van der Waals surface area (Å²) in [7, 11) is 0. The standard InChI is InChI=1S/C11H22N2O/c1-6-13-9(7-11(3,4)5)8(2)10(12)14/h13H,6-7H2,1-5H3,(H2,12,14)/b9-8+. The van der Waals surface area contributed by atoms with Gasteiger partial charge >= 0.3 is 0 Å². The van der Waals surface area contributed by atoms with Crippen molar-refractivity contribution in [2.45, 2.75) is 41.0 Å². The zero-order chi connectivity index (χ0) is 11.4. The second kappa shape index (κ2) is 5.03. The van der Waals surface area contributed by atoms with Crippen molar-refractivity contribution in [1.29, 1.82) is 0 Å². The summed E-state index contributed by atoms with van der Waals surface area (Å²) in [6.07, 6.45) is 0.843. The van der Waals surface area contributed by atoms with Gasteiger partial charge in [0.25, 0.3) is 0 Å². The molecule has 0 unspecified atom stereocenters. The number of hydrogen-bond acceptors (Lipinski definition) is 2. The Bertz CT molecular complexity index is 236. The van der Waals surface area contributed by atoms with Crippen LogP contribution in [0.1, 0.15) is 41.0 Å². The lowest BCUT2D eigenvalue weighted by Crippen LogP contribution is -2.24. The summed E-state index contributed by atoms with van der Waals surface area (Å²) in [6, 6.07) is 0. The second-order valence-corrected chi connectivity index (χ2v) is 4.74. The summed E-state index contributed by atoms with van der Waals surface area (Å²) in [4.78, 5) is 11.0. The predicted octanol–water partition coefficient (Wildman–Crippen LogP) is 1.79. The molecule has 0 aromatic carbocycles. The minimum absolute atomic E-state index is 0.161. The average molecular weight is 198 g/mol. The van der Waals surface area contributed by atoms with Crippen LogP contribution in [-0.2, 0) is 4.79 Å². The smallest absolute Gasteiger partial charge is 0.246 e. The number of rotatable bonds is 4. The molecule has 0 aliphatic heterocycles. The molecule has 82 valence electrons. The van der Waals surface area contributed by atoms with Gasteiger partial charge in [0, 0.05) is 17.8 Å². The van der Waals surface area contributed by atoms with Gasteiger partial charge in [-0.15, -0.1) is 0 Å². The summed E-state index contributed by atoms with van der Waals surface area (Å²) in [6.45, 7) is 11.0. The monoisotopic (exact) mass is 198 g/mol. The molecule has 1 amide bonds. The fourth-order valence-electron chi connectivity index (χ4n) is 1.22. The maximum atomic E-state index is 11.0. The molecule has 0 aromatic heterocycles. The van der Waals surface area contributed by atoms with Gasteiger partial charge in [-0.3, -0.25) is 4.79 Å². The molecule has 0 saturated carbocycles. The Kier molecular flexibility index (Phi) is 4.68. The molecule has 0 fully saturated rings. The lowest BCUT2D eigenvalue weighted by atomic mass is 9.89. The van der Waals surface area contributed by atoms with Crippen LogP contribution in [0.4, 0.5) is 0 Å². The summed E-state index contributed by atoms with van der Waals surface area (Å²) in [5.41, 5.74) is 7.02. The number of primary amides is 1. The molecular formula is C11H22N2O. The number of allylic oxidation sites excluding steroid dienone is 1. The summed E-state index contributed by atoms with van der Waals surface area (Å²) >= 11 is 0. The highest BCUT2D eigenvalue weighted by Gasteiger charge is 2.16. The third kappa shape index (κ3) is 4.90. The van der Waals surface area contributed by atoms with Crippen molar-refractivity contribution in [2.75, 3.05) is 6.54 Å². The van der Waals surface area contributed by atoms with Gasteiger partial charge in [0.15, 0.2) is 0 Å². The molecule has 0 bridgehead atoms. The third-order valence-corrected chi connectivity index (χ3v) is 1.92. The van der Waals surface area contributed by atoms with E-state index >= 15 is 0 Å². The number of nitrogens with two attached hydrogens (primary N) is 1. The van der Waals surface area contributed by atoms with Gasteiger partial charge in [0.2, 0.25) is 5.91 Å². The molecule has 0 rings (SSSR count). The fourth-order valence-corrected chi connectivity index (χ4v) is 1.22. The molecular weight excluding hydrogens is 176 g/mol. The van der Waals surface area contributed by atoms with E-state index in [4.69, 9.17) is 5.73 Å². The van der Waals surface area contributed by atoms with Crippen molar-refractivity contribution in [2.24, 2.45) is 11.1 Å². The Morgan fingerprint density at radius 3 is 2.14 bits per heavy atom. The van der Waals surface area contributed by atoms with Gasteiger partial charge in [0.05, 0.1) is 0 Å². The van der Waals surface area contributed by atoms with Crippen molar-refractivity contribution in [1.82, 2.24) is 5.32 Å². The van der Waals surface area contributed by atoms with Crippen LogP contribution < -0.4 is 11.1 Å². The van der Waals surface area contributed by atoms with Crippen molar-refractivity contribution < 1.29 is 4.79 Å². The zero-order valence-corrected chi connectivity index (χ0v) is 9.90. The Balaban J connectivity index is 4.76. The van der Waals surface area contributed by atoms with Crippen LogP contribution in [0.3, 0.4) is 0 Å². The summed E-state index contributed by atoms with van der Waals surface area (Å²) in [5, 5.41) is 3.20. The number of nitrogens with one attached hydrogen (secondary N) is 1. The highest BCUT2D eigenvalue weighted by Crippen LogP contribution is 2.24. The van der Waals surface area contributed by atoms with Crippen LogP contribution in [0.5, 0.6) is 0 Å². The van der Waals surface area contributed by atoms with Crippen molar-refractivity contribution in [3.63, 3.8) is 0 Å². The number of amides is 1. The molecule has 14 heavy (non-hydrogen) atoms. The Labute approximate surface area is 86.8 Å². The van der Waals surface area contributed by atoms with E-state index in [1.807, 2.05) is 6.92 Å². The van der Waals surface area contributed by atoms with Crippen LogP contribution >= 0.6 is 0 Å². The Morgan fingerprint density at radius 2 is 1.86 bits per heavy atom. The van der Waals surface area contributed by atoms with Gasteiger partial charge < -0.3 is 11.1 Å². The van der Waals surface area contributed by atoms with Crippen LogP contribution in [0.15, 0.2) is 11.3 Å². The zero-order valence-electron chi connectivity index (χ0n) is 9.90. The Morgan fingerprint density at radius 1 is 1.36 bits per heavy atom. The largest absolute Gasteiger partial charge is 0.388 e. The lowest BCUT2D eigenvalue weighted by molar-refractivity contribution is -0.114. The van der Waals surface area contributed by atoms with Crippen LogP contribution in [-0.4, -0.2) is 12.5 Å². The molecule has 3 N–H and O–H groups in total. The van der Waals surface area contributed by atoms with Crippen LogP contribution in [0.2, 0.25) is 0 Å². The van der Waals surface area contributed by atoms with Crippen molar-refractivity contribution >= 4 is 5.91 Å². The van der Waals surface area contributed by atoms with Crippen molar-refractivity contribution in [3.8, 4) is 0 Å². The minimum atomic E-state index is -0.342. The van der Waals surface area contributed by atoms with Crippen molar-refractivity contribution in [3.05, 3.63) is 11.3 Å². The van der Waals surface area contributed by atoms with E-state index in [1.54, 1.807) is 6.92 Å². The normalized spacial score (nSPS) is 13.5. The van der Waals surface area contributed by atoms with Gasteiger partial charge in [-0.2, -0.15) is 0 Å². The lowest BCUT2D eigenvalue weighted by Gasteiger charge is -2.22. The van der Waals surface area contributed by atoms with E-state index in [0.29, 0.717) is 5.57 Å². The summed E-state index contributed by atoms with van der Waals surface area (Å²) < 4.78 is 0. The quantitative estimate of drug-likeness (QED) is 0.677. The van der Waals surface area contributed by atoms with Gasteiger partial charge in [-0.05, 0) is 25.7 Å².